The predicted molar refractivity (Wildman–Crippen MR) is 240 cm³/mol. The fourth-order valence-corrected chi connectivity index (χ4v) is 8.74. The summed E-state index contributed by atoms with van der Waals surface area (Å²) < 4.78 is 40.5. The van der Waals surface area contributed by atoms with E-state index in [0.717, 1.165) is 66.2 Å². The van der Waals surface area contributed by atoms with E-state index in [-0.39, 0.29) is 5.41 Å². The number of imidazole rings is 1. The lowest BCUT2D eigenvalue weighted by atomic mass is 9.88. The van der Waals surface area contributed by atoms with Gasteiger partial charge < -0.3 is 18.4 Å². The van der Waals surface area contributed by atoms with Crippen molar-refractivity contribution >= 4 is 54.6 Å². The van der Waals surface area contributed by atoms with E-state index in [1.165, 1.54) is 10.1 Å². The smallest absolute Gasteiger partial charge is 0.244 e. The highest BCUT2D eigenvalue weighted by molar-refractivity contribution is 6.15. The number of aryl methyl sites for hydroxylation is 1. The van der Waals surface area contributed by atoms with E-state index in [4.69, 9.17) is 13.8 Å². The first-order valence-corrected chi connectivity index (χ1v) is 19.9. The molecule has 0 unspecified atom stereocenters. The van der Waals surface area contributed by atoms with Gasteiger partial charge in [-0.15, -0.1) is 0 Å². The van der Waals surface area contributed by atoms with E-state index in [9.17, 15) is 0 Å². The molecule has 0 spiro atoms. The van der Waals surface area contributed by atoms with Gasteiger partial charge in [0.15, 0.2) is 0 Å². The molecule has 11 aromatic rings. The zero-order valence-corrected chi connectivity index (χ0v) is 32.9. The van der Waals surface area contributed by atoms with Crippen molar-refractivity contribution in [2.45, 2.75) is 26.2 Å². The van der Waals surface area contributed by atoms with Crippen molar-refractivity contribution in [3.05, 3.63) is 188 Å². The first kappa shape index (κ1) is 31.6. The molecular weight excluding hydrogens is 723 g/mol. The molecule has 0 aliphatic rings. The summed E-state index contributed by atoms with van der Waals surface area (Å²) in [6.07, 6.45) is 5.13. The van der Waals surface area contributed by atoms with Crippen LogP contribution in [-0.2, 0) is 12.4 Å². The maximum atomic E-state index is 8.75. The Hall–Kier alpha value is -7.44. The van der Waals surface area contributed by atoms with Gasteiger partial charge in [-0.25, -0.2) is 4.98 Å². The SMILES string of the molecule is [2H]C([2H])([2H])[n+]1[c-]n(-c2cccc(Oc3ccc4c5ccccc5n(-c5cc(C(C)(C)C)ccn5)c4c3)c2)c2cccc(-c3cccc4c5ccccc5n(-c5ccccc5)c34)c21. The summed E-state index contributed by atoms with van der Waals surface area (Å²) >= 11 is 0. The Balaban J connectivity index is 1.04. The van der Waals surface area contributed by atoms with Gasteiger partial charge in [0.1, 0.15) is 17.3 Å². The van der Waals surface area contributed by atoms with Crippen LogP contribution in [0.15, 0.2) is 176 Å². The molecular formula is C53H41N5O. The van der Waals surface area contributed by atoms with Crippen LogP contribution in [0.5, 0.6) is 11.5 Å². The molecule has 0 aliphatic carbocycles. The van der Waals surface area contributed by atoms with E-state index < -0.39 is 6.98 Å². The van der Waals surface area contributed by atoms with E-state index in [0.29, 0.717) is 28.2 Å². The molecule has 284 valence electrons. The second-order valence-corrected chi connectivity index (χ2v) is 16.1. The molecule has 0 atom stereocenters. The summed E-state index contributed by atoms with van der Waals surface area (Å²) in [7, 11) is 0. The molecule has 7 aromatic carbocycles. The minimum absolute atomic E-state index is 0.0414. The Kier molecular flexibility index (Phi) is 7.14. The van der Waals surface area contributed by atoms with Crippen molar-refractivity contribution in [2.75, 3.05) is 0 Å². The fourth-order valence-electron chi connectivity index (χ4n) is 8.74. The van der Waals surface area contributed by atoms with Crippen LogP contribution in [-0.4, -0.2) is 18.7 Å². The average Bonchev–Trinajstić information content (AvgIpc) is 3.95. The first-order chi connectivity index (χ1) is 30.0. The number of benzene rings is 7. The summed E-state index contributed by atoms with van der Waals surface area (Å²) in [5.41, 5.74) is 9.98. The zero-order chi connectivity index (χ0) is 42.3. The summed E-state index contributed by atoms with van der Waals surface area (Å²) in [5, 5.41) is 4.44. The lowest BCUT2D eigenvalue weighted by Gasteiger charge is -2.20. The highest BCUT2D eigenvalue weighted by Gasteiger charge is 2.21. The molecule has 0 aliphatic heterocycles. The van der Waals surface area contributed by atoms with Crippen LogP contribution in [0.3, 0.4) is 0 Å². The molecule has 0 bridgehead atoms. The van der Waals surface area contributed by atoms with Gasteiger partial charge in [-0.2, -0.15) is 0 Å². The van der Waals surface area contributed by atoms with Gasteiger partial charge >= 0.3 is 0 Å². The Morgan fingerprint density at radius 2 is 1.20 bits per heavy atom. The van der Waals surface area contributed by atoms with E-state index in [1.54, 1.807) is 0 Å². The number of hydrogen-bond acceptors (Lipinski definition) is 2. The first-order valence-electron chi connectivity index (χ1n) is 21.4. The van der Waals surface area contributed by atoms with Gasteiger partial charge in [0.05, 0.1) is 49.9 Å². The van der Waals surface area contributed by atoms with Gasteiger partial charge in [-0.1, -0.05) is 124 Å². The van der Waals surface area contributed by atoms with Gasteiger partial charge in [-0.05, 0) is 77.2 Å². The second kappa shape index (κ2) is 13.3. The Labute approximate surface area is 346 Å². The molecule has 0 radical (unpaired) electrons. The maximum absolute atomic E-state index is 8.75. The van der Waals surface area contributed by atoms with Crippen LogP contribution < -0.4 is 9.30 Å². The molecule has 0 saturated heterocycles. The largest absolute Gasteiger partial charge is 0.458 e. The third kappa shape index (κ3) is 5.63. The van der Waals surface area contributed by atoms with Crippen LogP contribution in [0.2, 0.25) is 0 Å². The van der Waals surface area contributed by atoms with Crippen LogP contribution in [0.1, 0.15) is 30.4 Å². The summed E-state index contributed by atoms with van der Waals surface area (Å²) in [6.45, 7) is 4.10. The van der Waals surface area contributed by atoms with Crippen molar-refractivity contribution in [1.82, 2.24) is 18.7 Å². The number of hydrogen-bond donors (Lipinski definition) is 0. The highest BCUT2D eigenvalue weighted by atomic mass is 16.5. The molecule has 6 nitrogen and oxygen atoms in total. The van der Waals surface area contributed by atoms with Gasteiger partial charge in [-0.3, -0.25) is 4.57 Å². The Morgan fingerprint density at radius 1 is 0.559 bits per heavy atom. The molecule has 59 heavy (non-hydrogen) atoms. The minimum Gasteiger partial charge on any atom is -0.458 e. The number of nitrogens with zero attached hydrogens (tertiary/aromatic N) is 5. The molecule has 0 fully saturated rings. The van der Waals surface area contributed by atoms with Crippen molar-refractivity contribution in [1.29, 1.82) is 0 Å². The van der Waals surface area contributed by atoms with E-state index in [2.05, 4.69) is 139 Å². The fraction of sp³-hybridized carbons (Fsp3) is 0.0943. The summed E-state index contributed by atoms with van der Waals surface area (Å²) in [4.78, 5) is 4.84. The third-order valence-corrected chi connectivity index (χ3v) is 11.5. The van der Waals surface area contributed by atoms with Gasteiger partial charge in [0, 0.05) is 45.1 Å². The normalized spacial score (nSPS) is 13.0. The highest BCUT2D eigenvalue weighted by Crippen LogP contribution is 2.41. The summed E-state index contributed by atoms with van der Waals surface area (Å²) in [6, 6.07) is 57.4. The molecule has 0 saturated carbocycles. The zero-order valence-electron chi connectivity index (χ0n) is 35.9. The van der Waals surface area contributed by atoms with Crippen LogP contribution in [0.4, 0.5) is 0 Å². The van der Waals surface area contributed by atoms with Crippen LogP contribution in [0, 0.1) is 6.33 Å². The molecule has 4 aromatic heterocycles. The van der Waals surface area contributed by atoms with E-state index >= 15 is 0 Å². The predicted octanol–water partition coefficient (Wildman–Crippen LogP) is 12.6. The van der Waals surface area contributed by atoms with Crippen LogP contribution >= 0.6 is 0 Å². The lowest BCUT2D eigenvalue weighted by molar-refractivity contribution is -0.649. The van der Waals surface area contributed by atoms with Crippen molar-refractivity contribution in [2.24, 2.45) is 6.98 Å². The van der Waals surface area contributed by atoms with Gasteiger partial charge in [0.25, 0.3) is 0 Å². The Bertz CT molecular complexity index is 3540. The topological polar surface area (TPSA) is 40.8 Å². The molecule has 4 heterocycles. The lowest BCUT2D eigenvalue weighted by Crippen LogP contribution is -2.26. The number of aromatic nitrogens is 5. The average molecular weight is 767 g/mol. The quantitative estimate of drug-likeness (QED) is 0.125. The number of ether oxygens (including phenoxy) is 1. The number of para-hydroxylation sites is 5. The van der Waals surface area contributed by atoms with Gasteiger partial charge in [0.2, 0.25) is 6.33 Å². The Morgan fingerprint density at radius 3 is 2.02 bits per heavy atom. The molecule has 6 heteroatoms. The third-order valence-electron chi connectivity index (χ3n) is 11.5. The van der Waals surface area contributed by atoms with E-state index in [1.807, 2.05) is 77.5 Å². The minimum atomic E-state index is -2.52. The van der Waals surface area contributed by atoms with Crippen molar-refractivity contribution in [3.8, 4) is 39.8 Å². The number of pyridine rings is 1. The maximum Gasteiger partial charge on any atom is 0.244 e. The molecule has 11 rings (SSSR count). The number of fused-ring (bicyclic) bond motifs is 7. The van der Waals surface area contributed by atoms with Crippen molar-refractivity contribution < 1.29 is 13.4 Å². The second-order valence-electron chi connectivity index (χ2n) is 16.1. The number of rotatable bonds is 6. The molecule has 0 N–H and O–H groups in total. The standard InChI is InChI=1S/C53H41N5O/c1-53(2,3)35-29-30-54-50(31-35)58-47-25-11-8-19-40(47)42-28-27-39(33-49(42)58)59-38-18-12-17-37(32-38)56-34-55(4)52-45(23-14-26-48(52)56)44-22-13-21-43-41-20-9-10-24-46(41)57(51(43)44)36-15-6-5-7-16-36/h5-33H,1-4H3/i4D3. The van der Waals surface area contributed by atoms with Crippen LogP contribution in [0.25, 0.3) is 83.0 Å². The van der Waals surface area contributed by atoms with Crippen molar-refractivity contribution in [3.63, 3.8) is 0 Å². The monoisotopic (exact) mass is 766 g/mol. The molecule has 0 amide bonds. The summed E-state index contributed by atoms with van der Waals surface area (Å²) in [5.74, 6) is 2.10.